The molecule has 1 aliphatic rings. The SMILES string of the molecule is NC(=S)c1cc(Cl)ccc1NCC1CCCS1(=O)=O. The summed E-state index contributed by atoms with van der Waals surface area (Å²) in [5.41, 5.74) is 6.99. The van der Waals surface area contributed by atoms with E-state index in [1.54, 1.807) is 18.2 Å². The zero-order chi connectivity index (χ0) is 14.0. The number of hydrogen-bond donors (Lipinski definition) is 2. The van der Waals surface area contributed by atoms with Gasteiger partial charge in [-0.2, -0.15) is 0 Å². The molecule has 1 heterocycles. The molecule has 1 atom stereocenters. The van der Waals surface area contributed by atoms with Crippen LogP contribution in [0.25, 0.3) is 0 Å². The Labute approximate surface area is 123 Å². The van der Waals surface area contributed by atoms with Crippen molar-refractivity contribution in [1.29, 1.82) is 0 Å². The number of sulfone groups is 1. The summed E-state index contributed by atoms with van der Waals surface area (Å²) in [5, 5.41) is 3.33. The molecular formula is C12H15ClN2O2S2. The first-order valence-electron chi connectivity index (χ1n) is 5.95. The summed E-state index contributed by atoms with van der Waals surface area (Å²) in [6.45, 7) is 0.375. The van der Waals surface area contributed by atoms with Crippen LogP contribution in [0.1, 0.15) is 18.4 Å². The Hall–Kier alpha value is -0.850. The Bertz CT molecular complexity index is 602. The number of halogens is 1. The first-order valence-corrected chi connectivity index (χ1v) is 8.45. The maximum atomic E-state index is 11.7. The molecule has 19 heavy (non-hydrogen) atoms. The molecule has 0 saturated carbocycles. The molecule has 7 heteroatoms. The first-order chi connectivity index (χ1) is 8.90. The molecule has 0 spiro atoms. The van der Waals surface area contributed by atoms with Gasteiger partial charge in [0.2, 0.25) is 0 Å². The Morgan fingerprint density at radius 2 is 2.26 bits per heavy atom. The summed E-state index contributed by atoms with van der Waals surface area (Å²) in [5.74, 6) is 0.280. The van der Waals surface area contributed by atoms with Gasteiger partial charge in [-0.25, -0.2) is 8.42 Å². The van der Waals surface area contributed by atoms with E-state index >= 15 is 0 Å². The number of nitrogens with one attached hydrogen (secondary N) is 1. The lowest BCUT2D eigenvalue weighted by molar-refractivity contribution is 0.591. The van der Waals surface area contributed by atoms with Crippen molar-refractivity contribution in [1.82, 2.24) is 0 Å². The van der Waals surface area contributed by atoms with Gasteiger partial charge in [0.15, 0.2) is 9.84 Å². The molecule has 1 aromatic carbocycles. The van der Waals surface area contributed by atoms with E-state index in [0.717, 1.165) is 12.1 Å². The van der Waals surface area contributed by atoms with Crippen LogP contribution in [0, 0.1) is 0 Å². The first kappa shape index (κ1) is 14.6. The van der Waals surface area contributed by atoms with Gasteiger partial charge < -0.3 is 11.1 Å². The van der Waals surface area contributed by atoms with Gasteiger partial charge in [0.1, 0.15) is 4.99 Å². The zero-order valence-electron chi connectivity index (χ0n) is 10.2. The van der Waals surface area contributed by atoms with Crippen molar-refractivity contribution in [3.05, 3.63) is 28.8 Å². The van der Waals surface area contributed by atoms with E-state index in [1.165, 1.54) is 0 Å². The molecule has 0 bridgehead atoms. The number of hydrogen-bond acceptors (Lipinski definition) is 4. The number of rotatable bonds is 4. The summed E-state index contributed by atoms with van der Waals surface area (Å²) in [7, 11) is -2.95. The van der Waals surface area contributed by atoms with Gasteiger partial charge in [-0.05, 0) is 31.0 Å². The lowest BCUT2D eigenvalue weighted by Gasteiger charge is -2.15. The molecule has 1 aromatic rings. The van der Waals surface area contributed by atoms with Crippen molar-refractivity contribution < 1.29 is 8.42 Å². The van der Waals surface area contributed by atoms with Gasteiger partial charge in [0, 0.05) is 22.8 Å². The van der Waals surface area contributed by atoms with Gasteiger partial charge >= 0.3 is 0 Å². The van der Waals surface area contributed by atoms with Crippen molar-refractivity contribution in [2.24, 2.45) is 5.73 Å². The molecule has 1 aliphatic heterocycles. The Balaban J connectivity index is 2.14. The predicted molar refractivity (Wildman–Crippen MR) is 82.6 cm³/mol. The largest absolute Gasteiger partial charge is 0.389 e. The second kappa shape index (κ2) is 5.64. The fourth-order valence-electron chi connectivity index (χ4n) is 2.19. The molecule has 4 nitrogen and oxygen atoms in total. The van der Waals surface area contributed by atoms with E-state index in [0.29, 0.717) is 23.6 Å². The third-order valence-electron chi connectivity index (χ3n) is 3.23. The molecule has 104 valence electrons. The molecule has 2 rings (SSSR count). The summed E-state index contributed by atoms with van der Waals surface area (Å²) in [4.78, 5) is 0.235. The summed E-state index contributed by atoms with van der Waals surface area (Å²) >= 11 is 10.9. The van der Waals surface area contributed by atoms with Gasteiger partial charge in [0.25, 0.3) is 0 Å². The van der Waals surface area contributed by atoms with E-state index in [1.807, 2.05) is 0 Å². The van der Waals surface area contributed by atoms with Crippen LogP contribution in [0.5, 0.6) is 0 Å². The van der Waals surface area contributed by atoms with Crippen molar-refractivity contribution in [3.63, 3.8) is 0 Å². The van der Waals surface area contributed by atoms with Gasteiger partial charge in [-0.1, -0.05) is 23.8 Å². The minimum atomic E-state index is -2.95. The lowest BCUT2D eigenvalue weighted by Crippen LogP contribution is -2.26. The zero-order valence-corrected chi connectivity index (χ0v) is 12.6. The standard InChI is InChI=1S/C12H15ClN2O2S2/c13-8-3-4-11(10(6-8)12(14)18)15-7-9-2-1-5-19(9,16)17/h3-4,6,9,15H,1-2,5,7H2,(H2,14,18). The fraction of sp³-hybridized carbons (Fsp3) is 0.417. The molecule has 0 aromatic heterocycles. The van der Waals surface area contributed by atoms with E-state index < -0.39 is 9.84 Å². The van der Waals surface area contributed by atoms with Crippen LogP contribution in [0.2, 0.25) is 5.02 Å². The van der Waals surface area contributed by atoms with Crippen molar-refractivity contribution in [2.75, 3.05) is 17.6 Å². The van der Waals surface area contributed by atoms with Gasteiger partial charge in [-0.15, -0.1) is 0 Å². The maximum absolute atomic E-state index is 11.7. The Morgan fingerprint density at radius 1 is 1.53 bits per heavy atom. The van der Waals surface area contributed by atoms with Crippen molar-refractivity contribution >= 4 is 44.3 Å². The summed E-state index contributed by atoms with van der Waals surface area (Å²) in [6, 6.07) is 5.16. The predicted octanol–water partition coefficient (Wildman–Crippen LogP) is 1.96. The highest BCUT2D eigenvalue weighted by atomic mass is 35.5. The average molecular weight is 319 g/mol. The molecule has 1 fully saturated rings. The number of nitrogens with two attached hydrogens (primary N) is 1. The highest BCUT2D eigenvalue weighted by Gasteiger charge is 2.30. The van der Waals surface area contributed by atoms with E-state index in [9.17, 15) is 8.42 Å². The number of benzene rings is 1. The smallest absolute Gasteiger partial charge is 0.154 e. The molecule has 0 aliphatic carbocycles. The molecule has 3 N–H and O–H groups in total. The monoisotopic (exact) mass is 318 g/mol. The minimum Gasteiger partial charge on any atom is -0.389 e. The van der Waals surface area contributed by atoms with E-state index in [2.05, 4.69) is 5.32 Å². The molecule has 1 unspecified atom stereocenters. The second-order valence-corrected chi connectivity index (χ2v) is 7.84. The molecule has 0 radical (unpaired) electrons. The Kier molecular flexibility index (Phi) is 4.32. The third kappa shape index (κ3) is 3.38. The van der Waals surface area contributed by atoms with Gasteiger partial charge in [0.05, 0.1) is 11.0 Å². The highest BCUT2D eigenvalue weighted by molar-refractivity contribution is 7.92. The van der Waals surface area contributed by atoms with Crippen molar-refractivity contribution in [3.8, 4) is 0 Å². The fourth-order valence-corrected chi connectivity index (χ4v) is 4.29. The maximum Gasteiger partial charge on any atom is 0.154 e. The minimum absolute atomic E-state index is 0.235. The van der Waals surface area contributed by atoms with E-state index in [4.69, 9.17) is 29.6 Å². The van der Waals surface area contributed by atoms with Crippen LogP contribution < -0.4 is 11.1 Å². The molecule has 0 amide bonds. The average Bonchev–Trinajstić information content (AvgIpc) is 2.66. The van der Waals surface area contributed by atoms with E-state index in [-0.39, 0.29) is 16.0 Å². The Morgan fingerprint density at radius 3 is 2.84 bits per heavy atom. The normalized spacial score (nSPS) is 21.2. The topological polar surface area (TPSA) is 72.2 Å². The number of thiocarbonyl (C=S) groups is 1. The quantitative estimate of drug-likeness (QED) is 0.830. The number of anilines is 1. The third-order valence-corrected chi connectivity index (χ3v) is 5.96. The summed E-state index contributed by atoms with van der Waals surface area (Å²) in [6.07, 6.45) is 1.43. The van der Waals surface area contributed by atoms with Crippen LogP contribution in [0.3, 0.4) is 0 Å². The molecule has 1 saturated heterocycles. The van der Waals surface area contributed by atoms with Crippen molar-refractivity contribution in [2.45, 2.75) is 18.1 Å². The summed E-state index contributed by atoms with van der Waals surface area (Å²) < 4.78 is 23.5. The van der Waals surface area contributed by atoms with Crippen LogP contribution in [0.15, 0.2) is 18.2 Å². The van der Waals surface area contributed by atoms with Crippen LogP contribution >= 0.6 is 23.8 Å². The second-order valence-electron chi connectivity index (χ2n) is 4.57. The van der Waals surface area contributed by atoms with Crippen LogP contribution in [-0.2, 0) is 9.84 Å². The van der Waals surface area contributed by atoms with Crippen LogP contribution in [-0.4, -0.2) is 31.0 Å². The lowest BCUT2D eigenvalue weighted by atomic mass is 10.1. The van der Waals surface area contributed by atoms with Crippen LogP contribution in [0.4, 0.5) is 5.69 Å². The van der Waals surface area contributed by atoms with Gasteiger partial charge in [-0.3, -0.25) is 0 Å². The highest BCUT2D eigenvalue weighted by Crippen LogP contribution is 2.24. The molecular weight excluding hydrogens is 304 g/mol.